The molecule has 0 radical (unpaired) electrons. The van der Waals surface area contributed by atoms with Crippen molar-refractivity contribution in [2.24, 2.45) is 5.92 Å². The van der Waals surface area contributed by atoms with Gasteiger partial charge in [0.1, 0.15) is 5.75 Å². The molecular weight excluding hydrogens is 360 g/mol. The summed E-state index contributed by atoms with van der Waals surface area (Å²) >= 11 is 3.35. The Morgan fingerprint density at radius 2 is 1.87 bits per heavy atom. The molecule has 126 valence electrons. The van der Waals surface area contributed by atoms with Gasteiger partial charge in [0, 0.05) is 29.5 Å². The monoisotopic (exact) mass is 382 g/mol. The number of ether oxygens (including phenoxy) is 1. The molecule has 1 aromatic rings. The van der Waals surface area contributed by atoms with E-state index in [1.54, 1.807) is 0 Å². The van der Waals surface area contributed by atoms with E-state index in [1.165, 1.54) is 0 Å². The number of hydrogen-bond donors (Lipinski definition) is 1. The predicted octanol–water partition coefficient (Wildman–Crippen LogP) is 2.59. The standard InChI is InChI=1S/C17H23BrN2O3/c1-12(2)17(22)20-9-7-14(8-10-20)19-16(21)11-23-15-5-3-13(18)4-6-15/h3-6,12,14H,7-11H2,1-2H3,(H,19,21). The molecule has 2 rings (SSSR count). The van der Waals surface area contributed by atoms with Crippen molar-refractivity contribution in [2.75, 3.05) is 19.7 Å². The van der Waals surface area contributed by atoms with Crippen LogP contribution in [-0.4, -0.2) is 42.5 Å². The highest BCUT2D eigenvalue weighted by Gasteiger charge is 2.25. The van der Waals surface area contributed by atoms with Gasteiger partial charge in [0.25, 0.3) is 5.91 Å². The van der Waals surface area contributed by atoms with Crippen LogP contribution in [0.4, 0.5) is 0 Å². The Morgan fingerprint density at radius 3 is 2.43 bits per heavy atom. The summed E-state index contributed by atoms with van der Waals surface area (Å²) in [6, 6.07) is 7.48. The van der Waals surface area contributed by atoms with E-state index in [2.05, 4.69) is 21.2 Å². The second-order valence-electron chi connectivity index (χ2n) is 6.06. The lowest BCUT2D eigenvalue weighted by atomic mass is 10.0. The van der Waals surface area contributed by atoms with E-state index in [1.807, 2.05) is 43.0 Å². The maximum atomic E-state index is 11.9. The van der Waals surface area contributed by atoms with Gasteiger partial charge in [-0.3, -0.25) is 9.59 Å². The van der Waals surface area contributed by atoms with Gasteiger partial charge < -0.3 is 15.0 Å². The van der Waals surface area contributed by atoms with Crippen molar-refractivity contribution < 1.29 is 14.3 Å². The molecule has 1 aromatic carbocycles. The molecule has 6 heteroatoms. The van der Waals surface area contributed by atoms with E-state index in [0.29, 0.717) is 18.8 Å². The van der Waals surface area contributed by atoms with Crippen molar-refractivity contribution in [3.63, 3.8) is 0 Å². The van der Waals surface area contributed by atoms with Crippen LogP contribution in [0.15, 0.2) is 28.7 Å². The summed E-state index contributed by atoms with van der Waals surface area (Å²) in [7, 11) is 0. The lowest BCUT2D eigenvalue weighted by Gasteiger charge is -2.33. The Hall–Kier alpha value is -1.56. The van der Waals surface area contributed by atoms with Crippen LogP contribution in [0.25, 0.3) is 0 Å². The van der Waals surface area contributed by atoms with Gasteiger partial charge >= 0.3 is 0 Å². The number of rotatable bonds is 5. The molecule has 0 unspecified atom stereocenters. The fourth-order valence-corrected chi connectivity index (χ4v) is 2.82. The normalized spacial score (nSPS) is 15.6. The number of nitrogens with zero attached hydrogens (tertiary/aromatic N) is 1. The summed E-state index contributed by atoms with van der Waals surface area (Å²) in [6.45, 7) is 5.24. The first-order valence-electron chi connectivity index (χ1n) is 7.92. The number of benzene rings is 1. The second-order valence-corrected chi connectivity index (χ2v) is 6.98. The summed E-state index contributed by atoms with van der Waals surface area (Å²) < 4.78 is 6.43. The number of carbonyl (C=O) groups is 2. The maximum Gasteiger partial charge on any atom is 0.258 e. The summed E-state index contributed by atoms with van der Waals surface area (Å²) in [5.41, 5.74) is 0. The molecular formula is C17H23BrN2O3. The van der Waals surface area contributed by atoms with Gasteiger partial charge in [-0.25, -0.2) is 0 Å². The van der Waals surface area contributed by atoms with Gasteiger partial charge in [-0.2, -0.15) is 0 Å². The third-order valence-corrected chi connectivity index (χ3v) is 4.38. The smallest absolute Gasteiger partial charge is 0.258 e. The highest BCUT2D eigenvalue weighted by atomic mass is 79.9. The SMILES string of the molecule is CC(C)C(=O)N1CCC(NC(=O)COc2ccc(Br)cc2)CC1. The average Bonchev–Trinajstić information content (AvgIpc) is 2.54. The first-order chi connectivity index (χ1) is 11.0. The first kappa shape index (κ1) is 17.8. The van der Waals surface area contributed by atoms with Crippen LogP contribution in [0.1, 0.15) is 26.7 Å². The van der Waals surface area contributed by atoms with Gasteiger partial charge in [-0.05, 0) is 37.1 Å². The van der Waals surface area contributed by atoms with E-state index in [9.17, 15) is 9.59 Å². The fraction of sp³-hybridized carbons (Fsp3) is 0.529. The van der Waals surface area contributed by atoms with Gasteiger partial charge in [-0.15, -0.1) is 0 Å². The third-order valence-electron chi connectivity index (χ3n) is 3.85. The minimum absolute atomic E-state index is 0.00672. The Kier molecular flexibility index (Phi) is 6.45. The zero-order valence-corrected chi connectivity index (χ0v) is 15.1. The number of amides is 2. The van der Waals surface area contributed by atoms with E-state index in [-0.39, 0.29) is 30.4 Å². The molecule has 1 aliphatic heterocycles. The van der Waals surface area contributed by atoms with Crippen molar-refractivity contribution in [2.45, 2.75) is 32.7 Å². The number of likely N-dealkylation sites (tertiary alicyclic amines) is 1. The summed E-state index contributed by atoms with van der Waals surface area (Å²) in [4.78, 5) is 25.8. The molecule has 2 amide bonds. The van der Waals surface area contributed by atoms with Gasteiger partial charge in [0.2, 0.25) is 5.91 Å². The average molecular weight is 383 g/mol. The number of nitrogens with one attached hydrogen (secondary N) is 1. The summed E-state index contributed by atoms with van der Waals surface area (Å²) in [5, 5.41) is 2.98. The van der Waals surface area contributed by atoms with Crippen molar-refractivity contribution >= 4 is 27.7 Å². The molecule has 1 heterocycles. The molecule has 1 aliphatic rings. The van der Waals surface area contributed by atoms with Crippen LogP contribution in [0, 0.1) is 5.92 Å². The first-order valence-corrected chi connectivity index (χ1v) is 8.71. The molecule has 5 nitrogen and oxygen atoms in total. The van der Waals surface area contributed by atoms with Crippen molar-refractivity contribution in [3.8, 4) is 5.75 Å². The molecule has 1 saturated heterocycles. The molecule has 0 saturated carbocycles. The number of piperidine rings is 1. The van der Waals surface area contributed by atoms with Crippen molar-refractivity contribution in [1.82, 2.24) is 10.2 Å². The minimum Gasteiger partial charge on any atom is -0.484 e. The van der Waals surface area contributed by atoms with E-state index in [4.69, 9.17) is 4.74 Å². The Labute approximate surface area is 145 Å². The number of hydrogen-bond acceptors (Lipinski definition) is 3. The van der Waals surface area contributed by atoms with Crippen molar-refractivity contribution in [3.05, 3.63) is 28.7 Å². The Morgan fingerprint density at radius 1 is 1.26 bits per heavy atom. The lowest BCUT2D eigenvalue weighted by molar-refractivity contribution is -0.135. The van der Waals surface area contributed by atoms with Crippen LogP contribution in [-0.2, 0) is 9.59 Å². The van der Waals surface area contributed by atoms with E-state index in [0.717, 1.165) is 17.3 Å². The van der Waals surface area contributed by atoms with Crippen LogP contribution < -0.4 is 10.1 Å². The second kappa shape index (κ2) is 8.34. The third kappa shape index (κ3) is 5.53. The molecule has 0 spiro atoms. The Bertz CT molecular complexity index is 537. The molecule has 1 N–H and O–H groups in total. The summed E-state index contributed by atoms with van der Waals surface area (Å²) in [6.07, 6.45) is 1.59. The predicted molar refractivity (Wildman–Crippen MR) is 92.2 cm³/mol. The number of halogens is 1. The molecule has 1 fully saturated rings. The minimum atomic E-state index is -0.124. The van der Waals surface area contributed by atoms with Crippen LogP contribution in [0.5, 0.6) is 5.75 Å². The molecule has 0 bridgehead atoms. The largest absolute Gasteiger partial charge is 0.484 e. The topological polar surface area (TPSA) is 58.6 Å². The lowest BCUT2D eigenvalue weighted by Crippen LogP contribution is -2.48. The van der Waals surface area contributed by atoms with Gasteiger partial charge in [-0.1, -0.05) is 29.8 Å². The molecule has 0 atom stereocenters. The van der Waals surface area contributed by atoms with Gasteiger partial charge in [0.05, 0.1) is 0 Å². The highest BCUT2D eigenvalue weighted by Crippen LogP contribution is 2.16. The number of carbonyl (C=O) groups excluding carboxylic acids is 2. The van der Waals surface area contributed by atoms with Crippen LogP contribution in [0.2, 0.25) is 0 Å². The fourth-order valence-electron chi connectivity index (χ4n) is 2.56. The van der Waals surface area contributed by atoms with Crippen molar-refractivity contribution in [1.29, 1.82) is 0 Å². The van der Waals surface area contributed by atoms with E-state index < -0.39 is 0 Å². The van der Waals surface area contributed by atoms with E-state index >= 15 is 0 Å². The zero-order chi connectivity index (χ0) is 16.8. The van der Waals surface area contributed by atoms with Gasteiger partial charge in [0.15, 0.2) is 6.61 Å². The molecule has 0 aliphatic carbocycles. The highest BCUT2D eigenvalue weighted by molar-refractivity contribution is 9.10. The quantitative estimate of drug-likeness (QED) is 0.851. The Balaban J connectivity index is 1.70. The maximum absolute atomic E-state index is 11.9. The summed E-state index contributed by atoms with van der Waals surface area (Å²) in [5.74, 6) is 0.760. The zero-order valence-electron chi connectivity index (χ0n) is 13.5. The molecule has 0 aromatic heterocycles. The van der Waals surface area contributed by atoms with Crippen LogP contribution in [0.3, 0.4) is 0 Å². The molecule has 23 heavy (non-hydrogen) atoms. The van der Waals surface area contributed by atoms with Crippen LogP contribution >= 0.6 is 15.9 Å².